The van der Waals surface area contributed by atoms with E-state index in [1.165, 1.54) is 0 Å². The van der Waals surface area contributed by atoms with Gasteiger partial charge in [0.25, 0.3) is 0 Å². The molecule has 4 N–H and O–H groups in total. The highest BCUT2D eigenvalue weighted by Crippen LogP contribution is 2.13. The van der Waals surface area contributed by atoms with Crippen LogP contribution in [-0.2, 0) is 11.3 Å². The number of rotatable bonds is 5. The zero-order valence-corrected chi connectivity index (χ0v) is 12.3. The molecule has 3 aromatic rings. The topological polar surface area (TPSA) is 110 Å². The van der Waals surface area contributed by atoms with Crippen LogP contribution in [0.5, 0.6) is 0 Å². The third-order valence-corrected chi connectivity index (χ3v) is 3.34. The van der Waals surface area contributed by atoms with Gasteiger partial charge in [-0.1, -0.05) is 30.3 Å². The normalized spacial score (nSPS) is 11.9. The Morgan fingerprint density at radius 1 is 1.17 bits per heavy atom. The summed E-state index contributed by atoms with van der Waals surface area (Å²) < 4.78 is 0. The molecule has 0 aliphatic carbocycles. The lowest BCUT2D eigenvalue weighted by Gasteiger charge is -2.11. The highest BCUT2D eigenvalue weighted by Gasteiger charge is 2.15. The third kappa shape index (κ3) is 3.58. The van der Waals surface area contributed by atoms with E-state index in [1.54, 1.807) is 12.4 Å². The first-order chi connectivity index (χ1) is 11.2. The Labute approximate surface area is 133 Å². The van der Waals surface area contributed by atoms with Gasteiger partial charge in [0.05, 0.1) is 6.54 Å². The molecule has 7 heteroatoms. The van der Waals surface area contributed by atoms with Gasteiger partial charge in [0.2, 0.25) is 5.91 Å². The van der Waals surface area contributed by atoms with Crippen molar-refractivity contribution in [3.8, 4) is 11.4 Å². The number of hydrogen-bond donors (Lipinski definition) is 3. The Bertz CT molecular complexity index is 772. The summed E-state index contributed by atoms with van der Waals surface area (Å²) in [5.74, 6) is 0.854. The lowest BCUT2D eigenvalue weighted by molar-refractivity contribution is -0.122. The van der Waals surface area contributed by atoms with E-state index in [9.17, 15) is 4.79 Å². The second-order valence-electron chi connectivity index (χ2n) is 4.95. The number of nitrogens with one attached hydrogen (secondary N) is 2. The lowest BCUT2D eigenvalue weighted by Crippen LogP contribution is -2.33. The van der Waals surface area contributed by atoms with Gasteiger partial charge in [-0.2, -0.15) is 5.10 Å². The van der Waals surface area contributed by atoms with E-state index in [0.717, 1.165) is 11.1 Å². The molecule has 7 nitrogen and oxygen atoms in total. The summed E-state index contributed by atoms with van der Waals surface area (Å²) >= 11 is 0. The van der Waals surface area contributed by atoms with E-state index >= 15 is 0 Å². The lowest BCUT2D eigenvalue weighted by atomic mass is 10.1. The molecule has 0 saturated carbocycles. The maximum absolute atomic E-state index is 12.1. The zero-order valence-electron chi connectivity index (χ0n) is 12.3. The second kappa shape index (κ2) is 6.80. The monoisotopic (exact) mass is 308 g/mol. The Balaban J connectivity index is 1.61. The summed E-state index contributed by atoms with van der Waals surface area (Å²) in [5, 5.41) is 9.67. The van der Waals surface area contributed by atoms with Crippen LogP contribution in [-0.4, -0.2) is 26.1 Å². The van der Waals surface area contributed by atoms with Gasteiger partial charge in [-0.3, -0.25) is 14.9 Å². The quantitative estimate of drug-likeness (QED) is 0.655. The molecule has 2 aromatic heterocycles. The van der Waals surface area contributed by atoms with Crippen LogP contribution in [0.2, 0.25) is 0 Å². The molecule has 0 spiro atoms. The fourth-order valence-corrected chi connectivity index (χ4v) is 2.10. The van der Waals surface area contributed by atoms with Crippen molar-refractivity contribution in [1.29, 1.82) is 0 Å². The van der Waals surface area contributed by atoms with Crippen molar-refractivity contribution in [2.24, 2.45) is 5.73 Å². The van der Waals surface area contributed by atoms with E-state index in [4.69, 9.17) is 5.73 Å². The van der Waals surface area contributed by atoms with E-state index in [1.807, 2.05) is 42.5 Å². The van der Waals surface area contributed by atoms with Crippen LogP contribution in [0.4, 0.5) is 0 Å². The molecule has 0 radical (unpaired) electrons. The summed E-state index contributed by atoms with van der Waals surface area (Å²) in [4.78, 5) is 20.4. The average Bonchev–Trinajstić information content (AvgIpc) is 3.09. The van der Waals surface area contributed by atoms with Gasteiger partial charge in [-0.25, -0.2) is 4.98 Å². The number of nitrogens with zero attached hydrogens (tertiary/aromatic N) is 3. The highest BCUT2D eigenvalue weighted by molar-refractivity contribution is 5.82. The van der Waals surface area contributed by atoms with E-state index in [2.05, 4.69) is 25.5 Å². The molecule has 0 bridgehead atoms. The largest absolute Gasteiger partial charge is 0.347 e. The number of H-pyrrole nitrogens is 1. The van der Waals surface area contributed by atoms with Crippen LogP contribution in [0, 0.1) is 0 Å². The summed E-state index contributed by atoms with van der Waals surface area (Å²) in [7, 11) is 0. The molecular formula is C16H16N6O. The van der Waals surface area contributed by atoms with Gasteiger partial charge in [0.15, 0.2) is 5.82 Å². The third-order valence-electron chi connectivity index (χ3n) is 3.34. The van der Waals surface area contributed by atoms with Crippen molar-refractivity contribution in [1.82, 2.24) is 25.5 Å². The molecule has 3 rings (SSSR count). The van der Waals surface area contributed by atoms with Crippen molar-refractivity contribution in [2.45, 2.75) is 12.6 Å². The van der Waals surface area contributed by atoms with Crippen LogP contribution < -0.4 is 11.1 Å². The number of pyridine rings is 1. The van der Waals surface area contributed by atoms with Crippen molar-refractivity contribution in [3.05, 3.63) is 66.2 Å². The van der Waals surface area contributed by atoms with Gasteiger partial charge in [-0.05, 0) is 17.7 Å². The molecule has 0 aliphatic heterocycles. The van der Waals surface area contributed by atoms with Crippen molar-refractivity contribution in [2.75, 3.05) is 0 Å². The number of amides is 1. The number of benzene rings is 1. The molecule has 116 valence electrons. The Kier molecular flexibility index (Phi) is 4.39. The molecule has 1 atom stereocenters. The maximum Gasteiger partial charge on any atom is 0.241 e. The molecule has 0 fully saturated rings. The number of carbonyl (C=O) groups excluding carboxylic acids is 1. The summed E-state index contributed by atoms with van der Waals surface area (Å²) in [5.41, 5.74) is 7.55. The molecule has 23 heavy (non-hydrogen) atoms. The molecule has 0 saturated heterocycles. The Hall–Kier alpha value is -3.06. The van der Waals surface area contributed by atoms with Crippen LogP contribution in [0.1, 0.15) is 17.4 Å². The minimum Gasteiger partial charge on any atom is -0.347 e. The zero-order chi connectivity index (χ0) is 16.1. The summed E-state index contributed by atoms with van der Waals surface area (Å²) in [6.07, 6.45) is 3.35. The molecule has 2 heterocycles. The Morgan fingerprint density at radius 2 is 1.91 bits per heavy atom. The summed E-state index contributed by atoms with van der Waals surface area (Å²) in [6.45, 7) is 0.234. The molecular weight excluding hydrogens is 292 g/mol. The van der Waals surface area contributed by atoms with Crippen molar-refractivity contribution < 1.29 is 4.79 Å². The minimum atomic E-state index is -0.709. The second-order valence-corrected chi connectivity index (χ2v) is 4.95. The first-order valence-electron chi connectivity index (χ1n) is 7.14. The molecule has 1 amide bonds. The van der Waals surface area contributed by atoms with Crippen LogP contribution >= 0.6 is 0 Å². The van der Waals surface area contributed by atoms with E-state index in [-0.39, 0.29) is 12.5 Å². The SMILES string of the molecule is N[C@H](C(=O)NCc1nc(-c2ccncc2)n[nH]1)c1ccccc1. The van der Waals surface area contributed by atoms with Crippen molar-refractivity contribution >= 4 is 5.91 Å². The van der Waals surface area contributed by atoms with Gasteiger partial charge in [0, 0.05) is 18.0 Å². The minimum absolute atomic E-state index is 0.234. The molecule has 1 aromatic carbocycles. The fourth-order valence-electron chi connectivity index (χ4n) is 2.10. The summed E-state index contributed by atoms with van der Waals surface area (Å²) in [6, 6.07) is 12.1. The average molecular weight is 308 g/mol. The predicted molar refractivity (Wildman–Crippen MR) is 84.8 cm³/mol. The predicted octanol–water partition coefficient (Wildman–Crippen LogP) is 1.18. The van der Waals surface area contributed by atoms with Crippen LogP contribution in [0.25, 0.3) is 11.4 Å². The number of aromatic amines is 1. The van der Waals surface area contributed by atoms with Gasteiger partial charge in [-0.15, -0.1) is 0 Å². The number of hydrogen-bond acceptors (Lipinski definition) is 5. The van der Waals surface area contributed by atoms with Crippen molar-refractivity contribution in [3.63, 3.8) is 0 Å². The molecule has 0 unspecified atom stereocenters. The first kappa shape index (κ1) is 14.9. The van der Waals surface area contributed by atoms with E-state index in [0.29, 0.717) is 11.6 Å². The first-order valence-corrected chi connectivity index (χ1v) is 7.14. The standard InChI is InChI=1S/C16H16N6O/c17-14(11-4-2-1-3-5-11)16(23)19-10-13-20-15(22-21-13)12-6-8-18-9-7-12/h1-9,14H,10,17H2,(H,19,23)(H,20,21,22)/t14-/m0/s1. The number of carbonyl (C=O) groups is 1. The number of aromatic nitrogens is 4. The smallest absolute Gasteiger partial charge is 0.241 e. The van der Waals surface area contributed by atoms with Gasteiger partial charge < -0.3 is 11.1 Å². The van der Waals surface area contributed by atoms with Crippen LogP contribution in [0.15, 0.2) is 54.9 Å². The van der Waals surface area contributed by atoms with Crippen LogP contribution in [0.3, 0.4) is 0 Å². The van der Waals surface area contributed by atoms with Gasteiger partial charge in [0.1, 0.15) is 11.9 Å². The Morgan fingerprint density at radius 3 is 2.65 bits per heavy atom. The maximum atomic E-state index is 12.1. The van der Waals surface area contributed by atoms with Gasteiger partial charge >= 0.3 is 0 Å². The fraction of sp³-hybridized carbons (Fsp3) is 0.125. The van der Waals surface area contributed by atoms with E-state index < -0.39 is 6.04 Å². The highest BCUT2D eigenvalue weighted by atomic mass is 16.2. The molecule has 0 aliphatic rings. The number of nitrogens with two attached hydrogens (primary N) is 1.